The van der Waals surface area contributed by atoms with Crippen molar-refractivity contribution >= 4 is 17.7 Å². The molecule has 31 heavy (non-hydrogen) atoms. The molecule has 0 unspecified atom stereocenters. The first-order valence-corrected chi connectivity index (χ1v) is 10.1. The average molecular weight is 415 g/mol. The maximum atomic E-state index is 12.8. The number of amides is 3. The smallest absolute Gasteiger partial charge is 0.242 e. The Balaban J connectivity index is 1.66. The molecule has 0 fully saturated rings. The van der Waals surface area contributed by atoms with Gasteiger partial charge in [-0.05, 0) is 16.7 Å². The van der Waals surface area contributed by atoms with Crippen molar-refractivity contribution in [1.82, 2.24) is 16.0 Å². The third kappa shape index (κ3) is 6.82. The van der Waals surface area contributed by atoms with Crippen molar-refractivity contribution in [2.45, 2.75) is 19.6 Å². The maximum Gasteiger partial charge on any atom is 0.242 e. The first kappa shape index (κ1) is 21.8. The molecule has 0 saturated carbocycles. The predicted molar refractivity (Wildman–Crippen MR) is 118 cm³/mol. The molecule has 158 valence electrons. The van der Waals surface area contributed by atoms with Crippen LogP contribution >= 0.6 is 0 Å². The van der Waals surface area contributed by atoms with E-state index in [0.29, 0.717) is 0 Å². The van der Waals surface area contributed by atoms with Gasteiger partial charge in [-0.15, -0.1) is 0 Å². The molecular formula is C25H25N3O3. The van der Waals surface area contributed by atoms with Gasteiger partial charge in [0.2, 0.25) is 17.7 Å². The average Bonchev–Trinajstić information content (AvgIpc) is 2.82. The lowest BCUT2D eigenvalue weighted by Crippen LogP contribution is -2.49. The second kappa shape index (κ2) is 11.3. The molecule has 0 spiro atoms. The van der Waals surface area contributed by atoms with Gasteiger partial charge in [-0.2, -0.15) is 0 Å². The number of carbonyl (C=O) groups is 3. The topological polar surface area (TPSA) is 87.3 Å². The van der Waals surface area contributed by atoms with Crippen molar-refractivity contribution in [2.24, 2.45) is 5.92 Å². The largest absolute Gasteiger partial charge is 0.351 e. The molecule has 0 aromatic heterocycles. The summed E-state index contributed by atoms with van der Waals surface area (Å²) in [4.78, 5) is 38.4. The first-order chi connectivity index (χ1) is 15.1. The molecule has 0 atom stereocenters. The van der Waals surface area contributed by atoms with E-state index in [9.17, 15) is 14.4 Å². The predicted octanol–water partition coefficient (Wildman–Crippen LogP) is 2.55. The van der Waals surface area contributed by atoms with Crippen molar-refractivity contribution in [3.05, 3.63) is 108 Å². The molecule has 0 heterocycles. The van der Waals surface area contributed by atoms with Crippen LogP contribution in [0.1, 0.15) is 16.7 Å². The van der Waals surface area contributed by atoms with Gasteiger partial charge in [-0.25, -0.2) is 0 Å². The monoisotopic (exact) mass is 415 g/mol. The summed E-state index contributed by atoms with van der Waals surface area (Å²) in [6.07, 6.45) is 0. The highest BCUT2D eigenvalue weighted by Crippen LogP contribution is 2.05. The minimum absolute atomic E-state index is 0.230. The molecule has 6 nitrogen and oxygen atoms in total. The van der Waals surface area contributed by atoms with Crippen LogP contribution < -0.4 is 16.0 Å². The Morgan fingerprint density at radius 3 is 1.00 bits per heavy atom. The van der Waals surface area contributed by atoms with E-state index in [0.717, 1.165) is 16.7 Å². The van der Waals surface area contributed by atoms with E-state index in [4.69, 9.17) is 0 Å². The molecule has 3 aromatic carbocycles. The van der Waals surface area contributed by atoms with E-state index in [1.807, 2.05) is 91.0 Å². The summed E-state index contributed by atoms with van der Waals surface area (Å²) in [6, 6.07) is 28.0. The quantitative estimate of drug-likeness (QED) is 0.470. The van der Waals surface area contributed by atoms with Gasteiger partial charge in [0.15, 0.2) is 5.92 Å². The van der Waals surface area contributed by atoms with E-state index in [-0.39, 0.29) is 19.6 Å². The summed E-state index contributed by atoms with van der Waals surface area (Å²) in [5.41, 5.74) is 2.64. The summed E-state index contributed by atoms with van der Waals surface area (Å²) in [5, 5.41) is 8.09. The van der Waals surface area contributed by atoms with Crippen LogP contribution in [0.15, 0.2) is 91.0 Å². The number of benzene rings is 3. The van der Waals surface area contributed by atoms with Crippen LogP contribution in [0.5, 0.6) is 0 Å². The first-order valence-electron chi connectivity index (χ1n) is 10.1. The fourth-order valence-electron chi connectivity index (χ4n) is 3.02. The Bertz CT molecular complexity index is 860. The van der Waals surface area contributed by atoms with Gasteiger partial charge in [0.1, 0.15) is 0 Å². The minimum atomic E-state index is -1.49. The number of rotatable bonds is 9. The van der Waals surface area contributed by atoms with Crippen molar-refractivity contribution in [3.63, 3.8) is 0 Å². The molecule has 0 radical (unpaired) electrons. The minimum Gasteiger partial charge on any atom is -0.351 e. The highest BCUT2D eigenvalue weighted by atomic mass is 16.2. The molecule has 0 saturated heterocycles. The van der Waals surface area contributed by atoms with Crippen LogP contribution in [-0.4, -0.2) is 17.7 Å². The number of nitrogens with one attached hydrogen (secondary N) is 3. The zero-order chi connectivity index (χ0) is 21.9. The normalized spacial score (nSPS) is 10.4. The molecule has 3 N–H and O–H groups in total. The summed E-state index contributed by atoms with van der Waals surface area (Å²) in [6.45, 7) is 0.691. The summed E-state index contributed by atoms with van der Waals surface area (Å²) in [5.74, 6) is -3.41. The Morgan fingerprint density at radius 2 is 0.742 bits per heavy atom. The third-order valence-electron chi connectivity index (χ3n) is 4.72. The van der Waals surface area contributed by atoms with Crippen LogP contribution in [0.4, 0.5) is 0 Å². The fourth-order valence-corrected chi connectivity index (χ4v) is 3.02. The molecule has 0 bridgehead atoms. The Morgan fingerprint density at radius 1 is 0.484 bits per heavy atom. The molecule has 0 aliphatic heterocycles. The summed E-state index contributed by atoms with van der Waals surface area (Å²) < 4.78 is 0. The van der Waals surface area contributed by atoms with E-state index in [1.54, 1.807) is 0 Å². The van der Waals surface area contributed by atoms with Gasteiger partial charge in [0.05, 0.1) is 0 Å². The van der Waals surface area contributed by atoms with Crippen LogP contribution in [0.2, 0.25) is 0 Å². The molecule has 0 aliphatic carbocycles. The zero-order valence-electron chi connectivity index (χ0n) is 17.1. The molecular weight excluding hydrogens is 390 g/mol. The standard InChI is InChI=1S/C25H25N3O3/c29-23(26-16-19-10-4-1-5-11-19)22(24(30)27-17-20-12-6-2-7-13-20)25(31)28-18-21-14-8-3-9-15-21/h1-15,22H,16-18H2,(H,26,29)(H,27,30)(H,28,31). The molecule has 3 rings (SSSR count). The maximum absolute atomic E-state index is 12.8. The van der Waals surface area contributed by atoms with E-state index >= 15 is 0 Å². The molecule has 0 aliphatic rings. The Labute approximate surface area is 181 Å². The summed E-state index contributed by atoms with van der Waals surface area (Å²) >= 11 is 0. The molecule has 3 amide bonds. The molecule has 3 aromatic rings. The molecule has 6 heteroatoms. The zero-order valence-corrected chi connectivity index (χ0v) is 17.1. The Hall–Kier alpha value is -3.93. The summed E-state index contributed by atoms with van der Waals surface area (Å²) in [7, 11) is 0. The number of carbonyl (C=O) groups excluding carboxylic acids is 3. The van der Waals surface area contributed by atoms with Crippen LogP contribution in [0.3, 0.4) is 0 Å². The van der Waals surface area contributed by atoms with Gasteiger partial charge >= 0.3 is 0 Å². The SMILES string of the molecule is O=C(NCc1ccccc1)C(C(=O)NCc1ccccc1)C(=O)NCc1ccccc1. The lowest BCUT2D eigenvalue weighted by atomic mass is 10.1. The van der Waals surface area contributed by atoms with Gasteiger partial charge in [-0.3, -0.25) is 14.4 Å². The third-order valence-corrected chi connectivity index (χ3v) is 4.72. The lowest BCUT2D eigenvalue weighted by Gasteiger charge is -2.17. The number of hydrogen-bond acceptors (Lipinski definition) is 3. The second-order valence-electron chi connectivity index (χ2n) is 7.04. The second-order valence-corrected chi connectivity index (χ2v) is 7.04. The van der Waals surface area contributed by atoms with Crippen molar-refractivity contribution in [2.75, 3.05) is 0 Å². The van der Waals surface area contributed by atoms with E-state index in [1.165, 1.54) is 0 Å². The van der Waals surface area contributed by atoms with Crippen LogP contribution in [-0.2, 0) is 34.0 Å². The van der Waals surface area contributed by atoms with E-state index < -0.39 is 23.6 Å². The highest BCUT2D eigenvalue weighted by Gasteiger charge is 2.33. The number of hydrogen-bond donors (Lipinski definition) is 3. The van der Waals surface area contributed by atoms with Gasteiger partial charge in [-0.1, -0.05) is 91.0 Å². The van der Waals surface area contributed by atoms with Crippen molar-refractivity contribution in [3.8, 4) is 0 Å². The van der Waals surface area contributed by atoms with Crippen molar-refractivity contribution < 1.29 is 14.4 Å². The highest BCUT2D eigenvalue weighted by molar-refractivity contribution is 6.17. The van der Waals surface area contributed by atoms with Crippen molar-refractivity contribution in [1.29, 1.82) is 0 Å². The van der Waals surface area contributed by atoms with Gasteiger partial charge < -0.3 is 16.0 Å². The van der Waals surface area contributed by atoms with Crippen LogP contribution in [0.25, 0.3) is 0 Å². The fraction of sp³-hybridized carbons (Fsp3) is 0.160. The Kier molecular flexibility index (Phi) is 7.94. The van der Waals surface area contributed by atoms with Gasteiger partial charge in [0.25, 0.3) is 0 Å². The van der Waals surface area contributed by atoms with Crippen LogP contribution in [0, 0.1) is 5.92 Å². The lowest BCUT2D eigenvalue weighted by molar-refractivity contribution is -0.143. The van der Waals surface area contributed by atoms with E-state index in [2.05, 4.69) is 16.0 Å². The van der Waals surface area contributed by atoms with Gasteiger partial charge in [0, 0.05) is 19.6 Å².